The third kappa shape index (κ3) is 4.24. The lowest BCUT2D eigenvalue weighted by atomic mass is 10.0. The Balaban J connectivity index is 3.20. The summed E-state index contributed by atoms with van der Waals surface area (Å²) in [7, 11) is 1.21. The number of carbonyl (C=O) groups excluding carboxylic acids is 1. The zero-order chi connectivity index (χ0) is 14.5. The Labute approximate surface area is 108 Å². The van der Waals surface area contributed by atoms with Crippen LogP contribution >= 0.6 is 0 Å². The van der Waals surface area contributed by atoms with Crippen LogP contribution in [-0.4, -0.2) is 24.8 Å². The average Bonchev–Trinajstić information content (AvgIpc) is 2.35. The molecule has 0 atom stereocenters. The van der Waals surface area contributed by atoms with Crippen LogP contribution in [0.25, 0.3) is 5.57 Å². The second-order valence-corrected chi connectivity index (χ2v) is 3.65. The van der Waals surface area contributed by atoms with E-state index in [0.717, 1.165) is 0 Å². The Bertz CT molecular complexity index is 504. The Kier molecular flexibility index (Phi) is 4.86. The van der Waals surface area contributed by atoms with Gasteiger partial charge in [0.2, 0.25) is 5.78 Å². The van der Waals surface area contributed by atoms with Gasteiger partial charge in [-0.25, -0.2) is 0 Å². The highest BCUT2D eigenvalue weighted by Gasteiger charge is 2.35. The van der Waals surface area contributed by atoms with E-state index < -0.39 is 17.5 Å². The van der Waals surface area contributed by atoms with Crippen LogP contribution < -0.4 is 0 Å². The van der Waals surface area contributed by atoms with Crippen LogP contribution in [0.5, 0.6) is 0 Å². The van der Waals surface area contributed by atoms with Crippen LogP contribution in [0.1, 0.15) is 12.5 Å². The van der Waals surface area contributed by atoms with E-state index in [-0.39, 0.29) is 11.3 Å². The Morgan fingerprint density at radius 1 is 1.26 bits per heavy atom. The van der Waals surface area contributed by atoms with E-state index in [1.165, 1.54) is 38.3 Å². The van der Waals surface area contributed by atoms with Crippen molar-refractivity contribution >= 4 is 17.1 Å². The van der Waals surface area contributed by atoms with Crippen molar-refractivity contribution in [1.29, 1.82) is 0 Å². The van der Waals surface area contributed by atoms with Gasteiger partial charge in [-0.3, -0.25) is 4.79 Å². The predicted molar refractivity (Wildman–Crippen MR) is 65.6 cm³/mol. The van der Waals surface area contributed by atoms with Crippen LogP contribution in [-0.2, 0) is 9.63 Å². The molecule has 1 aromatic carbocycles. The molecular formula is C13H12F3NO2. The highest BCUT2D eigenvalue weighted by molar-refractivity contribution is 6.44. The number of nitrogens with zero attached hydrogens (tertiary/aromatic N) is 1. The second-order valence-electron chi connectivity index (χ2n) is 3.65. The molecule has 0 aliphatic heterocycles. The van der Waals surface area contributed by atoms with Crippen LogP contribution in [0, 0.1) is 0 Å². The maximum atomic E-state index is 12.9. The summed E-state index contributed by atoms with van der Waals surface area (Å²) in [6, 6.07) is 7.10. The van der Waals surface area contributed by atoms with Crippen molar-refractivity contribution < 1.29 is 22.8 Å². The van der Waals surface area contributed by atoms with E-state index in [1.54, 1.807) is 6.07 Å². The molecule has 1 aromatic rings. The van der Waals surface area contributed by atoms with Crippen LogP contribution in [0.3, 0.4) is 0 Å². The topological polar surface area (TPSA) is 38.7 Å². The van der Waals surface area contributed by atoms with Crippen molar-refractivity contribution in [1.82, 2.24) is 0 Å². The summed E-state index contributed by atoms with van der Waals surface area (Å²) < 4.78 is 38.8. The summed E-state index contributed by atoms with van der Waals surface area (Å²) in [5.74, 6) is -0.849. The zero-order valence-corrected chi connectivity index (χ0v) is 10.4. The Hall–Kier alpha value is -2.11. The number of oxime groups is 1. The van der Waals surface area contributed by atoms with Crippen LogP contribution in [0.15, 0.2) is 41.6 Å². The van der Waals surface area contributed by atoms with Crippen molar-refractivity contribution in [2.24, 2.45) is 5.16 Å². The van der Waals surface area contributed by atoms with Crippen molar-refractivity contribution in [2.45, 2.75) is 13.1 Å². The van der Waals surface area contributed by atoms with Gasteiger partial charge in [0.15, 0.2) is 0 Å². The fraction of sp³-hybridized carbons (Fsp3) is 0.231. The molecule has 0 amide bonds. The average molecular weight is 271 g/mol. The van der Waals surface area contributed by atoms with Gasteiger partial charge in [-0.15, -0.1) is 0 Å². The maximum absolute atomic E-state index is 12.9. The number of ketones is 1. The molecule has 0 aliphatic carbocycles. The van der Waals surface area contributed by atoms with Gasteiger partial charge in [-0.05, 0) is 12.5 Å². The minimum Gasteiger partial charge on any atom is -0.399 e. The fourth-order valence-electron chi connectivity index (χ4n) is 1.36. The summed E-state index contributed by atoms with van der Waals surface area (Å²) in [6.07, 6.45) is -4.10. The molecule has 19 heavy (non-hydrogen) atoms. The van der Waals surface area contributed by atoms with E-state index in [2.05, 4.69) is 9.99 Å². The van der Waals surface area contributed by atoms with Crippen molar-refractivity contribution in [3.8, 4) is 0 Å². The highest BCUT2D eigenvalue weighted by Crippen LogP contribution is 2.33. The van der Waals surface area contributed by atoms with Gasteiger partial charge < -0.3 is 4.84 Å². The van der Waals surface area contributed by atoms with Gasteiger partial charge in [-0.1, -0.05) is 35.5 Å². The number of rotatable bonds is 4. The largest absolute Gasteiger partial charge is 0.417 e. The first-order valence-corrected chi connectivity index (χ1v) is 5.32. The number of alkyl halides is 3. The number of hydrogen-bond donors (Lipinski definition) is 0. The molecule has 1 rings (SSSR count). The third-order valence-electron chi connectivity index (χ3n) is 2.25. The predicted octanol–water partition coefficient (Wildman–Crippen LogP) is 3.22. The van der Waals surface area contributed by atoms with Gasteiger partial charge >= 0.3 is 6.18 Å². The molecule has 0 aliphatic rings. The molecule has 0 bridgehead atoms. The highest BCUT2D eigenvalue weighted by atomic mass is 19.4. The van der Waals surface area contributed by atoms with Gasteiger partial charge in [0.1, 0.15) is 12.8 Å². The van der Waals surface area contributed by atoms with E-state index >= 15 is 0 Å². The zero-order valence-electron chi connectivity index (χ0n) is 10.4. The minimum absolute atomic E-state index is 0.0754. The number of hydrogen-bond acceptors (Lipinski definition) is 3. The third-order valence-corrected chi connectivity index (χ3v) is 2.25. The minimum atomic E-state index is -4.62. The molecular weight excluding hydrogens is 259 g/mol. The molecule has 0 saturated carbocycles. The first kappa shape index (κ1) is 14.9. The lowest BCUT2D eigenvalue weighted by Gasteiger charge is -2.11. The van der Waals surface area contributed by atoms with Gasteiger partial charge in [0.25, 0.3) is 0 Å². The molecule has 0 saturated heterocycles. The Morgan fingerprint density at radius 2 is 1.84 bits per heavy atom. The van der Waals surface area contributed by atoms with Crippen LogP contribution in [0.2, 0.25) is 0 Å². The summed E-state index contributed by atoms with van der Waals surface area (Å²) in [6.45, 7) is 1.28. The number of benzene rings is 1. The van der Waals surface area contributed by atoms with Crippen LogP contribution in [0.4, 0.5) is 13.2 Å². The SMILES string of the molecule is CO/N=C(\C)C(=O)/C=C(/c1ccccc1)C(F)(F)F. The van der Waals surface area contributed by atoms with Crippen molar-refractivity contribution in [3.05, 3.63) is 42.0 Å². The number of halogens is 3. The molecule has 0 radical (unpaired) electrons. The van der Waals surface area contributed by atoms with E-state index in [9.17, 15) is 18.0 Å². The monoisotopic (exact) mass is 271 g/mol. The normalized spacial score (nSPS) is 13.3. The Morgan fingerprint density at radius 3 is 2.32 bits per heavy atom. The van der Waals surface area contributed by atoms with E-state index in [4.69, 9.17) is 0 Å². The molecule has 0 unspecified atom stereocenters. The summed E-state index contributed by atoms with van der Waals surface area (Å²) in [5.41, 5.74) is -1.24. The standard InChI is InChI=1S/C13H12F3NO2/c1-9(17-19-2)12(18)8-11(13(14,15)16)10-6-4-3-5-7-10/h3-8H,1-2H3/b11-8-,17-9+. The van der Waals surface area contributed by atoms with Gasteiger partial charge in [-0.2, -0.15) is 13.2 Å². The molecule has 0 aromatic heterocycles. The second kappa shape index (κ2) is 6.17. The van der Waals surface area contributed by atoms with Crippen molar-refractivity contribution in [3.63, 3.8) is 0 Å². The number of carbonyl (C=O) groups is 1. The molecule has 0 fully saturated rings. The van der Waals surface area contributed by atoms with E-state index in [1.807, 2.05) is 0 Å². The quantitative estimate of drug-likeness (QED) is 0.479. The fourth-order valence-corrected chi connectivity index (χ4v) is 1.36. The molecule has 0 N–H and O–H groups in total. The first-order valence-electron chi connectivity index (χ1n) is 5.32. The summed E-state index contributed by atoms with van der Waals surface area (Å²) in [4.78, 5) is 15.9. The first-order chi connectivity index (χ1) is 8.86. The van der Waals surface area contributed by atoms with Gasteiger partial charge in [0.05, 0.1) is 5.57 Å². The van der Waals surface area contributed by atoms with E-state index in [0.29, 0.717) is 6.08 Å². The molecule has 0 heterocycles. The molecule has 0 spiro atoms. The molecule has 6 heteroatoms. The lowest BCUT2D eigenvalue weighted by molar-refractivity contribution is -0.109. The molecule has 102 valence electrons. The maximum Gasteiger partial charge on any atom is 0.417 e. The number of allylic oxidation sites excluding steroid dienone is 2. The molecule has 3 nitrogen and oxygen atoms in total. The smallest absolute Gasteiger partial charge is 0.399 e. The summed E-state index contributed by atoms with van der Waals surface area (Å²) >= 11 is 0. The van der Waals surface area contributed by atoms with Gasteiger partial charge in [0, 0.05) is 6.08 Å². The van der Waals surface area contributed by atoms with Crippen molar-refractivity contribution in [2.75, 3.05) is 7.11 Å². The summed E-state index contributed by atoms with van der Waals surface area (Å²) in [5, 5.41) is 3.31. The lowest BCUT2D eigenvalue weighted by Crippen LogP contribution is -2.15.